The highest BCUT2D eigenvalue weighted by Gasteiger charge is 1.83. The van der Waals surface area contributed by atoms with Crippen LogP contribution in [0, 0.1) is 6.08 Å². The predicted octanol–water partition coefficient (Wildman–Crippen LogP) is 4.37. The van der Waals surface area contributed by atoms with E-state index in [2.05, 4.69) is 36.5 Å². The van der Waals surface area contributed by atoms with Crippen molar-refractivity contribution in [3.05, 3.63) is 48.6 Å². The molecule has 0 aliphatic heterocycles. The van der Waals surface area contributed by atoms with Gasteiger partial charge in [-0.15, -0.1) is 0 Å². The number of hydrogen-bond acceptors (Lipinski definition) is 0. The van der Waals surface area contributed by atoms with Crippen LogP contribution >= 0.6 is 0 Å². The summed E-state index contributed by atoms with van der Waals surface area (Å²) >= 11 is 0. The third-order valence-electron chi connectivity index (χ3n) is 2.20. The monoisotopic (exact) mass is 187 g/mol. The van der Waals surface area contributed by atoms with E-state index in [1.165, 1.54) is 32.1 Å². The van der Waals surface area contributed by atoms with Gasteiger partial charge in [-0.1, -0.05) is 42.5 Å². The van der Waals surface area contributed by atoms with Gasteiger partial charge in [-0.05, 0) is 44.6 Å². The van der Waals surface area contributed by atoms with Gasteiger partial charge in [0.1, 0.15) is 0 Å². The summed E-state index contributed by atoms with van der Waals surface area (Å²) < 4.78 is 0. The Morgan fingerprint density at radius 1 is 0.714 bits per heavy atom. The van der Waals surface area contributed by atoms with Gasteiger partial charge in [-0.3, -0.25) is 0 Å². The lowest BCUT2D eigenvalue weighted by atomic mass is 10.1. The van der Waals surface area contributed by atoms with Crippen molar-refractivity contribution in [3.63, 3.8) is 0 Å². The summed E-state index contributed by atoms with van der Waals surface area (Å²) in [6.45, 7) is 0. The molecule has 0 spiro atoms. The molecule has 0 unspecified atom stereocenters. The van der Waals surface area contributed by atoms with Crippen LogP contribution < -0.4 is 0 Å². The van der Waals surface area contributed by atoms with Crippen LogP contribution in [0.5, 0.6) is 0 Å². The average molecular weight is 187 g/mol. The molecule has 1 aliphatic carbocycles. The lowest BCUT2D eigenvalue weighted by molar-refractivity contribution is 0.760. The second-order valence-corrected chi connectivity index (χ2v) is 3.50. The van der Waals surface area contributed by atoms with Gasteiger partial charge in [0.15, 0.2) is 0 Å². The Hall–Kier alpha value is -1.04. The Kier molecular flexibility index (Phi) is 6.74. The molecule has 1 rings (SSSR count). The smallest absolute Gasteiger partial charge is 0.0187 e. The molecule has 0 N–H and O–H groups in total. The van der Waals surface area contributed by atoms with Crippen molar-refractivity contribution < 1.29 is 0 Å². The molecule has 0 bridgehead atoms. The first-order chi connectivity index (χ1) is 7.00. The molecular weight excluding hydrogens is 168 g/mol. The third-order valence-corrected chi connectivity index (χ3v) is 2.20. The Morgan fingerprint density at radius 2 is 1.43 bits per heavy atom. The first-order valence-electron chi connectivity index (χ1n) is 5.54. The summed E-state index contributed by atoms with van der Waals surface area (Å²) in [5.74, 6) is 0. The molecule has 0 amide bonds. The normalized spacial score (nSPS) is 19.4. The zero-order chi connectivity index (χ0) is 9.90. The summed E-state index contributed by atoms with van der Waals surface area (Å²) in [7, 11) is 0. The van der Waals surface area contributed by atoms with E-state index in [4.69, 9.17) is 0 Å². The largest absolute Gasteiger partial charge is 0.0885 e. The molecule has 0 heterocycles. The zero-order valence-corrected chi connectivity index (χ0v) is 8.78. The number of rotatable bonds is 0. The highest BCUT2D eigenvalue weighted by molar-refractivity contribution is 5.06. The molecule has 75 valence electrons. The average Bonchev–Trinajstić information content (AvgIpc) is 2.22. The Labute approximate surface area is 87.7 Å². The summed E-state index contributed by atoms with van der Waals surface area (Å²) in [6.07, 6.45) is 25.5. The van der Waals surface area contributed by atoms with Crippen LogP contribution in [-0.4, -0.2) is 0 Å². The van der Waals surface area contributed by atoms with E-state index >= 15 is 0 Å². The highest BCUT2D eigenvalue weighted by atomic mass is 13.9. The summed E-state index contributed by atoms with van der Waals surface area (Å²) in [6, 6.07) is 0. The van der Waals surface area contributed by atoms with Crippen molar-refractivity contribution >= 4 is 0 Å². The number of hydrogen-bond donors (Lipinski definition) is 0. The molecule has 0 aromatic heterocycles. The Morgan fingerprint density at radius 3 is 2.36 bits per heavy atom. The van der Waals surface area contributed by atoms with Crippen molar-refractivity contribution in [3.8, 4) is 0 Å². The third kappa shape index (κ3) is 6.47. The Bertz CT molecular complexity index is 228. The molecule has 0 saturated carbocycles. The van der Waals surface area contributed by atoms with E-state index in [0.29, 0.717) is 0 Å². The van der Waals surface area contributed by atoms with Crippen LogP contribution in [0.3, 0.4) is 0 Å². The molecular formula is C14H19. The number of allylic oxidation sites excluding steroid dienone is 8. The summed E-state index contributed by atoms with van der Waals surface area (Å²) in [4.78, 5) is 0. The van der Waals surface area contributed by atoms with Crippen molar-refractivity contribution in [1.82, 2.24) is 0 Å². The molecule has 0 aromatic rings. The van der Waals surface area contributed by atoms with E-state index in [0.717, 1.165) is 6.42 Å². The standard InChI is InChI=1S/C14H19/c1-2-4-6-8-10-12-14-13-11-9-7-5-3-1/h1-3,7-10H,4,6,11-14H2. The van der Waals surface area contributed by atoms with E-state index < -0.39 is 0 Å². The summed E-state index contributed by atoms with van der Waals surface area (Å²) in [5.41, 5.74) is 0. The molecule has 0 nitrogen and oxygen atoms in total. The first-order valence-corrected chi connectivity index (χ1v) is 5.54. The van der Waals surface area contributed by atoms with Crippen molar-refractivity contribution in [2.75, 3.05) is 0 Å². The van der Waals surface area contributed by atoms with Gasteiger partial charge in [-0.2, -0.15) is 0 Å². The first kappa shape index (κ1) is 11.0. The topological polar surface area (TPSA) is 0 Å². The maximum Gasteiger partial charge on any atom is -0.0187 e. The Balaban J connectivity index is 2.35. The van der Waals surface area contributed by atoms with Gasteiger partial charge in [0, 0.05) is 0 Å². The molecule has 0 aromatic carbocycles. The highest BCUT2D eigenvalue weighted by Crippen LogP contribution is 2.03. The lowest BCUT2D eigenvalue weighted by Crippen LogP contribution is -1.73. The van der Waals surface area contributed by atoms with Crippen molar-refractivity contribution in [2.45, 2.75) is 38.5 Å². The van der Waals surface area contributed by atoms with Gasteiger partial charge in [0.2, 0.25) is 0 Å². The van der Waals surface area contributed by atoms with E-state index in [1.54, 1.807) is 0 Å². The molecule has 1 radical (unpaired) electrons. The second kappa shape index (κ2) is 8.55. The maximum atomic E-state index is 3.13. The van der Waals surface area contributed by atoms with Crippen LogP contribution in [0.15, 0.2) is 42.5 Å². The molecule has 0 heteroatoms. The zero-order valence-electron chi connectivity index (χ0n) is 8.78. The fourth-order valence-electron chi connectivity index (χ4n) is 1.38. The second-order valence-electron chi connectivity index (χ2n) is 3.50. The van der Waals surface area contributed by atoms with Crippen LogP contribution in [0.25, 0.3) is 0 Å². The minimum Gasteiger partial charge on any atom is -0.0885 e. The fourth-order valence-corrected chi connectivity index (χ4v) is 1.38. The molecule has 14 heavy (non-hydrogen) atoms. The van der Waals surface area contributed by atoms with Crippen LogP contribution in [0.2, 0.25) is 0 Å². The molecule has 1 aliphatic rings. The van der Waals surface area contributed by atoms with Crippen LogP contribution in [0.1, 0.15) is 38.5 Å². The fraction of sp³-hybridized carbons (Fsp3) is 0.429. The van der Waals surface area contributed by atoms with E-state index in [1.807, 2.05) is 12.2 Å². The van der Waals surface area contributed by atoms with E-state index in [9.17, 15) is 0 Å². The van der Waals surface area contributed by atoms with E-state index in [-0.39, 0.29) is 0 Å². The predicted molar refractivity (Wildman–Crippen MR) is 62.9 cm³/mol. The minimum atomic E-state index is 1.14. The lowest BCUT2D eigenvalue weighted by Gasteiger charge is -1.93. The SMILES string of the molecule is [C]1=CC=CCCC=CCCCCC=C1. The van der Waals surface area contributed by atoms with Gasteiger partial charge < -0.3 is 0 Å². The van der Waals surface area contributed by atoms with Crippen LogP contribution in [-0.2, 0) is 0 Å². The molecule has 0 saturated heterocycles. The van der Waals surface area contributed by atoms with Crippen molar-refractivity contribution in [2.24, 2.45) is 0 Å². The quantitative estimate of drug-likeness (QED) is 0.494. The molecule has 0 atom stereocenters. The van der Waals surface area contributed by atoms with Crippen LogP contribution in [0.4, 0.5) is 0 Å². The van der Waals surface area contributed by atoms with Gasteiger partial charge in [0.05, 0.1) is 0 Å². The maximum absolute atomic E-state index is 3.13. The van der Waals surface area contributed by atoms with Gasteiger partial charge >= 0.3 is 0 Å². The minimum absolute atomic E-state index is 1.14. The summed E-state index contributed by atoms with van der Waals surface area (Å²) in [5, 5.41) is 0. The van der Waals surface area contributed by atoms with Gasteiger partial charge in [-0.25, -0.2) is 0 Å². The van der Waals surface area contributed by atoms with Crippen molar-refractivity contribution in [1.29, 1.82) is 0 Å². The van der Waals surface area contributed by atoms with Gasteiger partial charge in [0.25, 0.3) is 0 Å². The molecule has 0 fully saturated rings.